The Kier molecular flexibility index (Phi) is 9.02. The number of rotatable bonds is 8. The van der Waals surface area contributed by atoms with Crippen LogP contribution in [0.1, 0.15) is 53.9 Å². The molecule has 0 N–H and O–H groups in total. The summed E-state index contributed by atoms with van der Waals surface area (Å²) in [7, 11) is 0. The van der Waals surface area contributed by atoms with E-state index in [2.05, 4.69) is 6.58 Å². The maximum Gasteiger partial charge on any atom is 0.334 e. The van der Waals surface area contributed by atoms with E-state index >= 15 is 0 Å². The number of hydrogen-bond donors (Lipinski definition) is 0. The van der Waals surface area contributed by atoms with Crippen molar-refractivity contribution in [2.24, 2.45) is 5.92 Å². The van der Waals surface area contributed by atoms with Crippen LogP contribution < -0.4 is 0 Å². The smallest absolute Gasteiger partial charge is 0.334 e. The Morgan fingerprint density at radius 1 is 0.952 bits per heavy atom. The number of fused-ring (bicyclic) bond motifs is 1. The lowest BCUT2D eigenvalue weighted by Gasteiger charge is -2.44. The van der Waals surface area contributed by atoms with E-state index in [1.54, 1.807) is 6.92 Å². The van der Waals surface area contributed by atoms with Crippen molar-refractivity contribution in [2.75, 3.05) is 13.2 Å². The summed E-state index contributed by atoms with van der Waals surface area (Å²) in [6.45, 7) is 9.53. The predicted molar refractivity (Wildman–Crippen MR) is 139 cm³/mol. The highest BCUT2D eigenvalue weighted by molar-refractivity contribution is 6.11. The van der Waals surface area contributed by atoms with E-state index in [9.17, 15) is 28.8 Å². The third-order valence-electron chi connectivity index (χ3n) is 7.71. The average Bonchev–Trinajstić information content (AvgIpc) is 3.02. The molecule has 2 fully saturated rings. The minimum Gasteiger partial charge on any atom is -0.463 e. The molecule has 0 aromatic heterocycles. The van der Waals surface area contributed by atoms with Crippen molar-refractivity contribution in [2.45, 2.75) is 90.2 Å². The van der Waals surface area contributed by atoms with Crippen LogP contribution in [0.4, 0.5) is 0 Å². The first-order valence-corrected chi connectivity index (χ1v) is 13.5. The van der Waals surface area contributed by atoms with Crippen LogP contribution in [-0.2, 0) is 61.9 Å². The Labute approximate surface area is 242 Å². The monoisotopic (exact) mass is 590 g/mol. The van der Waals surface area contributed by atoms with Gasteiger partial charge in [-0.05, 0) is 42.9 Å². The van der Waals surface area contributed by atoms with Gasteiger partial charge >= 0.3 is 29.8 Å². The third-order valence-corrected chi connectivity index (χ3v) is 7.71. The fourth-order valence-corrected chi connectivity index (χ4v) is 5.94. The Bertz CT molecular complexity index is 1280. The summed E-state index contributed by atoms with van der Waals surface area (Å²) >= 11 is 0. The molecule has 13 nitrogen and oxygen atoms in total. The lowest BCUT2D eigenvalue weighted by atomic mass is 9.78. The maximum absolute atomic E-state index is 13.2. The Morgan fingerprint density at radius 3 is 2.19 bits per heavy atom. The molecule has 0 radical (unpaired) electrons. The lowest BCUT2D eigenvalue weighted by molar-refractivity contribution is -0.306. The maximum atomic E-state index is 13.2. The number of ether oxygens (including phenoxy) is 7. The van der Waals surface area contributed by atoms with Gasteiger partial charge < -0.3 is 33.2 Å². The summed E-state index contributed by atoms with van der Waals surface area (Å²) in [5.74, 6) is -4.03. The topological polar surface area (TPSA) is 167 Å². The van der Waals surface area contributed by atoms with E-state index < -0.39 is 72.8 Å². The molecule has 1 spiro atoms. The minimum atomic E-state index is -1.42. The van der Waals surface area contributed by atoms with Gasteiger partial charge in [0.2, 0.25) is 0 Å². The highest BCUT2D eigenvalue weighted by atomic mass is 16.7. The standard InChI is InChI=1S/C29H34O13/c1-13-9-21(34)23-20(8-7-19-10-29(13,23)42-27(35)14(19)2)11-37-28-26(40-18(6)33)25(39-17(5)32)24(38-16(4)31)22(41-28)12-36-15(3)30/h9,19,22,24-26,28H,2,7-8,10-12H2,1,3-6H3/t19-,22-,24-,25+,26-,28-,29+/m1/s1. The zero-order chi connectivity index (χ0) is 30.9. The third kappa shape index (κ3) is 6.16. The SMILES string of the molecule is C=C1C(=O)O[C@]23C[C@H]1CCC(CO[C@@H]1O[C@H](COC(C)=O)[C@@H](OC(C)=O)[C@H](OC(C)=O)[C@H]1OC(C)=O)=C2C(=O)C=C3C. The van der Waals surface area contributed by atoms with E-state index in [-0.39, 0.29) is 18.3 Å². The van der Waals surface area contributed by atoms with Gasteiger partial charge in [0, 0.05) is 45.3 Å². The summed E-state index contributed by atoms with van der Waals surface area (Å²) in [4.78, 5) is 73.6. The number of carbonyl (C=O) groups is 6. The van der Waals surface area contributed by atoms with E-state index in [0.29, 0.717) is 41.6 Å². The molecular formula is C29H34O13. The van der Waals surface area contributed by atoms with Gasteiger partial charge in [-0.2, -0.15) is 0 Å². The van der Waals surface area contributed by atoms with Gasteiger partial charge in [0.15, 0.2) is 36.0 Å². The normalized spacial score (nSPS) is 32.2. The molecule has 4 rings (SSSR count). The first kappa shape index (κ1) is 31.1. The zero-order valence-corrected chi connectivity index (χ0v) is 24.1. The quantitative estimate of drug-likeness (QED) is 0.227. The fraction of sp³-hybridized carbons (Fsp3) is 0.586. The van der Waals surface area contributed by atoms with Crippen LogP contribution in [0.15, 0.2) is 34.9 Å². The van der Waals surface area contributed by atoms with Crippen LogP contribution in [0.25, 0.3) is 0 Å². The number of allylic oxidation sites excluding steroid dienone is 1. The number of esters is 5. The first-order chi connectivity index (χ1) is 19.7. The lowest BCUT2D eigenvalue weighted by Crippen LogP contribution is -2.63. The number of carbonyl (C=O) groups excluding carboxylic acids is 6. The van der Waals surface area contributed by atoms with Crippen molar-refractivity contribution in [3.63, 3.8) is 0 Å². The molecular weight excluding hydrogens is 556 g/mol. The molecule has 42 heavy (non-hydrogen) atoms. The first-order valence-electron chi connectivity index (χ1n) is 13.5. The molecule has 228 valence electrons. The van der Waals surface area contributed by atoms with Crippen molar-refractivity contribution in [3.05, 3.63) is 34.9 Å². The Hall–Kier alpha value is -3.84. The van der Waals surface area contributed by atoms with Gasteiger partial charge in [-0.1, -0.05) is 6.58 Å². The second-order valence-electron chi connectivity index (χ2n) is 10.7. The van der Waals surface area contributed by atoms with Gasteiger partial charge in [0.05, 0.1) is 6.61 Å². The highest BCUT2D eigenvalue weighted by Crippen LogP contribution is 2.51. The van der Waals surface area contributed by atoms with Crippen LogP contribution in [0.2, 0.25) is 0 Å². The van der Waals surface area contributed by atoms with E-state index in [4.69, 9.17) is 33.2 Å². The Morgan fingerprint density at radius 2 is 1.57 bits per heavy atom. The molecule has 7 atom stereocenters. The van der Waals surface area contributed by atoms with E-state index in [1.807, 2.05) is 0 Å². The van der Waals surface area contributed by atoms with Crippen molar-refractivity contribution in [1.29, 1.82) is 0 Å². The Balaban J connectivity index is 1.69. The highest BCUT2D eigenvalue weighted by Gasteiger charge is 2.56. The van der Waals surface area contributed by atoms with Crippen molar-refractivity contribution in [3.8, 4) is 0 Å². The number of hydrogen-bond acceptors (Lipinski definition) is 13. The van der Waals surface area contributed by atoms with Crippen molar-refractivity contribution in [1.82, 2.24) is 0 Å². The largest absolute Gasteiger partial charge is 0.463 e. The molecule has 0 amide bonds. The van der Waals surface area contributed by atoms with Gasteiger partial charge in [0.1, 0.15) is 12.7 Å². The molecule has 2 heterocycles. The van der Waals surface area contributed by atoms with Crippen molar-refractivity contribution < 1.29 is 61.9 Å². The summed E-state index contributed by atoms with van der Waals surface area (Å²) in [5, 5.41) is 0. The molecule has 0 aromatic carbocycles. The molecule has 4 aliphatic rings. The molecule has 0 unspecified atom stereocenters. The minimum absolute atomic E-state index is 0.210. The second kappa shape index (κ2) is 12.2. The summed E-state index contributed by atoms with van der Waals surface area (Å²) in [5.41, 5.74) is 0.546. The van der Waals surface area contributed by atoms with Crippen LogP contribution in [0.3, 0.4) is 0 Å². The average molecular weight is 591 g/mol. The molecule has 0 aromatic rings. The predicted octanol–water partition coefficient (Wildman–Crippen LogP) is 1.56. The molecule has 0 saturated carbocycles. The zero-order valence-electron chi connectivity index (χ0n) is 24.1. The molecule has 2 saturated heterocycles. The van der Waals surface area contributed by atoms with E-state index in [0.717, 1.165) is 20.8 Å². The van der Waals surface area contributed by atoms with Gasteiger partial charge in [-0.3, -0.25) is 24.0 Å². The summed E-state index contributed by atoms with van der Waals surface area (Å²) < 4.78 is 39.3. The number of ketones is 1. The fourth-order valence-electron chi connectivity index (χ4n) is 5.94. The van der Waals surface area contributed by atoms with Gasteiger partial charge in [-0.25, -0.2) is 4.79 Å². The second-order valence-corrected chi connectivity index (χ2v) is 10.7. The van der Waals surface area contributed by atoms with Crippen LogP contribution in [0.5, 0.6) is 0 Å². The molecule has 2 bridgehead atoms. The molecule has 13 heteroatoms. The van der Waals surface area contributed by atoms with E-state index in [1.165, 1.54) is 13.0 Å². The van der Waals surface area contributed by atoms with Crippen LogP contribution >= 0.6 is 0 Å². The summed E-state index contributed by atoms with van der Waals surface area (Å²) in [6, 6.07) is 0. The van der Waals surface area contributed by atoms with Crippen LogP contribution in [0, 0.1) is 5.92 Å². The van der Waals surface area contributed by atoms with Gasteiger partial charge in [0.25, 0.3) is 0 Å². The molecule has 2 aliphatic heterocycles. The van der Waals surface area contributed by atoms with Crippen molar-refractivity contribution >= 4 is 35.6 Å². The molecule has 2 aliphatic carbocycles. The van der Waals surface area contributed by atoms with Gasteiger partial charge in [-0.15, -0.1) is 0 Å². The van der Waals surface area contributed by atoms with Crippen LogP contribution in [-0.4, -0.2) is 85.2 Å². The summed E-state index contributed by atoms with van der Waals surface area (Å²) in [6.07, 6.45) is -4.04.